The molecule has 0 aromatic heterocycles. The number of methoxy groups -OCH3 is 1. The lowest BCUT2D eigenvalue weighted by molar-refractivity contribution is 0.335. The van der Waals surface area contributed by atoms with E-state index in [0.29, 0.717) is 5.57 Å². The summed E-state index contributed by atoms with van der Waals surface area (Å²) < 4.78 is 4.51. The summed E-state index contributed by atoms with van der Waals surface area (Å²) in [5.41, 5.74) is 0.347. The van der Waals surface area contributed by atoms with Gasteiger partial charge in [-0.05, 0) is 0 Å². The molecule has 0 saturated heterocycles. The third-order valence-corrected chi connectivity index (χ3v) is 0.673. The monoisotopic (exact) mass is 122 g/mol. The van der Waals surface area contributed by atoms with Gasteiger partial charge in [-0.25, -0.2) is 0 Å². The Labute approximate surface area is 53.8 Å². The number of hydrogen-bond donors (Lipinski definition) is 0. The van der Waals surface area contributed by atoms with Crippen LogP contribution in [0.4, 0.5) is 0 Å². The topological polar surface area (TPSA) is 56.8 Å². The zero-order chi connectivity index (χ0) is 7.11. The molecule has 3 nitrogen and oxygen atoms in total. The Bertz CT molecular complexity index is 182. The molecule has 0 radical (unpaired) electrons. The molecule has 0 aromatic rings. The number of ether oxygens (including phenoxy) is 1. The van der Waals surface area contributed by atoms with Crippen LogP contribution in [0.25, 0.3) is 0 Å². The summed E-state index contributed by atoms with van der Waals surface area (Å²) in [5, 5.41) is 16.3. The highest BCUT2D eigenvalue weighted by molar-refractivity contribution is 5.21. The molecule has 0 aromatic carbocycles. The average molecular weight is 122 g/mol. The molecule has 46 valence electrons. The van der Waals surface area contributed by atoms with Crippen molar-refractivity contribution in [3.8, 4) is 12.1 Å². The fourth-order valence-electron chi connectivity index (χ4n) is 0.335. The molecule has 0 aliphatic carbocycles. The highest BCUT2D eigenvalue weighted by Crippen LogP contribution is 1.96. The van der Waals surface area contributed by atoms with Crippen molar-refractivity contribution < 1.29 is 4.74 Å². The van der Waals surface area contributed by atoms with E-state index in [1.165, 1.54) is 13.4 Å². The quantitative estimate of drug-likeness (QED) is 0.404. The Morgan fingerprint density at radius 3 is 2.67 bits per heavy atom. The van der Waals surface area contributed by atoms with Crippen LogP contribution in [-0.2, 0) is 4.74 Å². The average Bonchev–Trinajstić information content (AvgIpc) is 1.88. The van der Waals surface area contributed by atoms with Crippen LogP contribution in [0.2, 0.25) is 0 Å². The molecule has 0 bridgehead atoms. The van der Waals surface area contributed by atoms with Gasteiger partial charge in [0.1, 0.15) is 0 Å². The van der Waals surface area contributed by atoms with E-state index in [4.69, 9.17) is 10.5 Å². The van der Waals surface area contributed by atoms with E-state index in [2.05, 4.69) is 4.74 Å². The molecule has 0 fully saturated rings. The second-order valence-corrected chi connectivity index (χ2v) is 1.33. The maximum atomic E-state index is 8.24. The standard InChI is InChI=1S/C6H6N2O/c1-9-5-6(4-8)2-3-7/h5H,2H2,1H3. The molecule has 0 atom stereocenters. The van der Waals surface area contributed by atoms with Crippen LogP contribution in [0, 0.1) is 22.7 Å². The molecular formula is C6H6N2O. The van der Waals surface area contributed by atoms with Gasteiger partial charge in [-0.15, -0.1) is 0 Å². The number of rotatable bonds is 2. The molecule has 0 rings (SSSR count). The summed E-state index contributed by atoms with van der Waals surface area (Å²) >= 11 is 0. The smallest absolute Gasteiger partial charge is 0.0990 e. The van der Waals surface area contributed by atoms with E-state index in [0.717, 1.165) is 0 Å². The van der Waals surface area contributed by atoms with Crippen molar-refractivity contribution >= 4 is 0 Å². The first-order valence-electron chi connectivity index (χ1n) is 2.34. The summed E-state index contributed by atoms with van der Waals surface area (Å²) in [6.07, 6.45) is 1.38. The minimum Gasteiger partial charge on any atom is -0.503 e. The molecular weight excluding hydrogens is 116 g/mol. The van der Waals surface area contributed by atoms with Crippen molar-refractivity contribution in [1.82, 2.24) is 0 Å². The van der Waals surface area contributed by atoms with Gasteiger partial charge >= 0.3 is 0 Å². The first-order chi connectivity index (χ1) is 4.35. The first kappa shape index (κ1) is 7.52. The maximum Gasteiger partial charge on any atom is 0.0990 e. The molecule has 0 heterocycles. The van der Waals surface area contributed by atoms with Gasteiger partial charge in [0.25, 0.3) is 0 Å². The summed E-state index contributed by atoms with van der Waals surface area (Å²) in [5.74, 6) is 0. The highest BCUT2D eigenvalue weighted by atomic mass is 16.5. The number of nitrogens with zero attached hydrogens (tertiary/aromatic N) is 2. The van der Waals surface area contributed by atoms with Gasteiger partial charge in [-0.3, -0.25) is 0 Å². The Balaban J connectivity index is 3.90. The number of nitriles is 2. The van der Waals surface area contributed by atoms with Crippen molar-refractivity contribution in [3.63, 3.8) is 0 Å². The van der Waals surface area contributed by atoms with Crippen LogP contribution in [0.5, 0.6) is 0 Å². The predicted octanol–water partition coefficient (Wildman–Crippen LogP) is 0.954. The van der Waals surface area contributed by atoms with Gasteiger partial charge in [0, 0.05) is 0 Å². The summed E-state index contributed by atoms with van der Waals surface area (Å²) in [7, 11) is 1.44. The van der Waals surface area contributed by atoms with Crippen LogP contribution in [0.1, 0.15) is 6.42 Å². The fourth-order valence-corrected chi connectivity index (χ4v) is 0.335. The van der Waals surface area contributed by atoms with E-state index >= 15 is 0 Å². The lowest BCUT2D eigenvalue weighted by Gasteiger charge is -1.86. The molecule has 9 heavy (non-hydrogen) atoms. The largest absolute Gasteiger partial charge is 0.503 e. The molecule has 0 saturated carbocycles. The van der Waals surface area contributed by atoms with Gasteiger partial charge in [-0.1, -0.05) is 0 Å². The molecule has 0 N–H and O–H groups in total. The van der Waals surface area contributed by atoms with Crippen molar-refractivity contribution in [2.24, 2.45) is 0 Å². The third kappa shape index (κ3) is 3.13. The summed E-state index contributed by atoms with van der Waals surface area (Å²) in [6.45, 7) is 0. The van der Waals surface area contributed by atoms with Crippen LogP contribution in [0.3, 0.4) is 0 Å². The van der Waals surface area contributed by atoms with E-state index in [9.17, 15) is 0 Å². The van der Waals surface area contributed by atoms with Crippen molar-refractivity contribution in [2.75, 3.05) is 7.11 Å². The molecule has 0 aliphatic rings. The Kier molecular flexibility index (Phi) is 3.90. The van der Waals surface area contributed by atoms with Crippen molar-refractivity contribution in [2.45, 2.75) is 6.42 Å². The number of allylic oxidation sites excluding steroid dienone is 1. The first-order valence-corrected chi connectivity index (χ1v) is 2.34. The molecule has 0 aliphatic heterocycles. The second-order valence-electron chi connectivity index (χ2n) is 1.33. The molecule has 3 heteroatoms. The van der Waals surface area contributed by atoms with Crippen molar-refractivity contribution in [3.05, 3.63) is 11.8 Å². The molecule has 0 spiro atoms. The summed E-state index contributed by atoms with van der Waals surface area (Å²) in [6, 6.07) is 3.65. The van der Waals surface area contributed by atoms with E-state index in [1.54, 1.807) is 0 Å². The van der Waals surface area contributed by atoms with E-state index < -0.39 is 0 Å². The lowest BCUT2D eigenvalue weighted by atomic mass is 10.2. The predicted molar refractivity (Wildman–Crippen MR) is 30.9 cm³/mol. The summed E-state index contributed by atoms with van der Waals surface area (Å²) in [4.78, 5) is 0. The van der Waals surface area contributed by atoms with Gasteiger partial charge < -0.3 is 4.74 Å². The highest BCUT2D eigenvalue weighted by Gasteiger charge is 1.90. The van der Waals surface area contributed by atoms with Gasteiger partial charge in [-0.2, -0.15) is 10.5 Å². The van der Waals surface area contributed by atoms with Crippen LogP contribution in [-0.4, -0.2) is 7.11 Å². The molecule has 0 amide bonds. The zero-order valence-electron chi connectivity index (χ0n) is 5.09. The Hall–Kier alpha value is -1.48. The van der Waals surface area contributed by atoms with E-state index in [-0.39, 0.29) is 6.42 Å². The minimum absolute atomic E-state index is 0.115. The van der Waals surface area contributed by atoms with Crippen LogP contribution >= 0.6 is 0 Å². The van der Waals surface area contributed by atoms with Gasteiger partial charge in [0.15, 0.2) is 0 Å². The third-order valence-electron chi connectivity index (χ3n) is 0.673. The molecule has 0 unspecified atom stereocenters. The van der Waals surface area contributed by atoms with Crippen molar-refractivity contribution in [1.29, 1.82) is 10.5 Å². The van der Waals surface area contributed by atoms with E-state index in [1.807, 2.05) is 12.1 Å². The van der Waals surface area contributed by atoms with Crippen LogP contribution < -0.4 is 0 Å². The Morgan fingerprint density at radius 1 is 1.67 bits per heavy atom. The number of hydrogen-bond acceptors (Lipinski definition) is 3. The maximum absolute atomic E-state index is 8.24. The van der Waals surface area contributed by atoms with Gasteiger partial charge in [0.05, 0.1) is 37.5 Å². The van der Waals surface area contributed by atoms with Crippen LogP contribution in [0.15, 0.2) is 11.8 Å². The second kappa shape index (κ2) is 4.67. The normalized spacial score (nSPS) is 9.44. The Morgan fingerprint density at radius 2 is 2.33 bits per heavy atom. The zero-order valence-corrected chi connectivity index (χ0v) is 5.09. The lowest BCUT2D eigenvalue weighted by Crippen LogP contribution is -1.77. The SMILES string of the molecule is COC=C(C#N)CC#N. The fraction of sp³-hybridized carbons (Fsp3) is 0.333. The minimum atomic E-state index is 0.115. The van der Waals surface area contributed by atoms with Gasteiger partial charge in [0.2, 0.25) is 0 Å².